The second kappa shape index (κ2) is 11.4. The molecule has 0 amide bonds. The summed E-state index contributed by atoms with van der Waals surface area (Å²) in [5.41, 5.74) is -0.0964. The van der Waals surface area contributed by atoms with Gasteiger partial charge in [0.15, 0.2) is 0 Å². The molecule has 0 aliphatic carbocycles. The number of Topliss-reactive ketones (excluding diaryl/α,β-unsaturated/α-hetero) is 1. The van der Waals surface area contributed by atoms with Crippen LogP contribution in [0.5, 0.6) is 0 Å². The summed E-state index contributed by atoms with van der Waals surface area (Å²) in [4.78, 5) is 30.5. The Morgan fingerprint density at radius 1 is 1.25 bits per heavy atom. The van der Waals surface area contributed by atoms with Crippen LogP contribution < -0.4 is 0 Å². The summed E-state index contributed by atoms with van der Waals surface area (Å²) in [6.45, 7) is 10.6. The lowest BCUT2D eigenvalue weighted by atomic mass is 9.73. The van der Waals surface area contributed by atoms with E-state index < -0.39 is 35.6 Å². The van der Waals surface area contributed by atoms with E-state index in [0.29, 0.717) is 17.1 Å². The molecule has 202 valence electrons. The number of aliphatic hydroxyl groups excluding tert-OH is 3. The van der Waals surface area contributed by atoms with Crippen LogP contribution in [-0.4, -0.2) is 62.1 Å². The quantitative estimate of drug-likeness (QED) is 0.404. The van der Waals surface area contributed by atoms with E-state index in [4.69, 9.17) is 9.47 Å². The first-order valence-electron chi connectivity index (χ1n) is 12.8. The van der Waals surface area contributed by atoms with Gasteiger partial charge in [-0.2, -0.15) is 0 Å². The molecule has 0 radical (unpaired) electrons. The van der Waals surface area contributed by atoms with Crippen molar-refractivity contribution in [2.24, 2.45) is 17.3 Å². The largest absolute Gasteiger partial charge is 0.458 e. The van der Waals surface area contributed by atoms with Crippen molar-refractivity contribution >= 4 is 29.2 Å². The number of aliphatic hydroxyl groups is 3. The van der Waals surface area contributed by atoms with Crippen LogP contribution in [0.1, 0.15) is 84.3 Å². The summed E-state index contributed by atoms with van der Waals surface area (Å²) in [6.07, 6.45) is 1.60. The van der Waals surface area contributed by atoms with E-state index >= 15 is 0 Å². The van der Waals surface area contributed by atoms with Crippen molar-refractivity contribution in [3.05, 3.63) is 21.7 Å². The van der Waals surface area contributed by atoms with Crippen LogP contribution in [0.25, 0.3) is 6.08 Å². The molecule has 3 N–H and O–H groups in total. The van der Waals surface area contributed by atoms with Crippen LogP contribution in [0, 0.1) is 17.3 Å². The van der Waals surface area contributed by atoms with Crippen LogP contribution in [0.4, 0.5) is 0 Å². The Labute approximate surface area is 217 Å². The third kappa shape index (κ3) is 6.61. The number of hydrogen-bond acceptors (Lipinski definition) is 9. The molecule has 1 aromatic rings. The average Bonchev–Trinajstić information content (AvgIpc) is 3.23. The van der Waals surface area contributed by atoms with Crippen molar-refractivity contribution < 1.29 is 34.4 Å². The predicted octanol–water partition coefficient (Wildman–Crippen LogP) is 3.66. The highest BCUT2D eigenvalue weighted by Gasteiger charge is 2.53. The number of nitrogens with zero attached hydrogens (tertiary/aromatic N) is 1. The molecule has 0 saturated carbocycles. The lowest BCUT2D eigenvalue weighted by molar-refractivity contribution is -0.154. The maximum Gasteiger partial charge on any atom is 0.309 e. The number of carbonyl (C=O) groups is 2. The van der Waals surface area contributed by atoms with E-state index in [9.17, 15) is 24.9 Å². The number of cyclic esters (lactones) is 1. The highest BCUT2D eigenvalue weighted by molar-refractivity contribution is 7.09. The number of aromatic nitrogens is 1. The molecule has 2 aliphatic rings. The molecule has 0 bridgehead atoms. The molecule has 36 heavy (non-hydrogen) atoms. The molecular weight excluding hydrogens is 482 g/mol. The van der Waals surface area contributed by atoms with E-state index in [1.165, 1.54) is 11.3 Å². The molecule has 6 unspecified atom stereocenters. The van der Waals surface area contributed by atoms with Crippen LogP contribution in [-0.2, 0) is 25.7 Å². The fourth-order valence-electron chi connectivity index (χ4n) is 5.08. The molecule has 3 rings (SSSR count). The monoisotopic (exact) mass is 523 g/mol. The number of hydrogen-bond donors (Lipinski definition) is 3. The number of esters is 1. The van der Waals surface area contributed by atoms with Crippen LogP contribution >= 0.6 is 11.3 Å². The van der Waals surface area contributed by atoms with Gasteiger partial charge >= 0.3 is 5.97 Å². The highest BCUT2D eigenvalue weighted by Crippen LogP contribution is 2.45. The zero-order valence-corrected chi connectivity index (χ0v) is 23.0. The third-order valence-electron chi connectivity index (χ3n) is 8.00. The van der Waals surface area contributed by atoms with Gasteiger partial charge in [-0.15, -0.1) is 11.3 Å². The highest BCUT2D eigenvalue weighted by atomic mass is 32.1. The van der Waals surface area contributed by atoms with E-state index in [1.807, 2.05) is 32.2 Å². The van der Waals surface area contributed by atoms with Crippen molar-refractivity contribution in [2.45, 2.75) is 110 Å². The summed E-state index contributed by atoms with van der Waals surface area (Å²) in [5.74, 6) is -1.64. The molecule has 1 aromatic heterocycles. The van der Waals surface area contributed by atoms with Gasteiger partial charge in [0.1, 0.15) is 16.9 Å². The zero-order chi connectivity index (χ0) is 26.8. The number of ketones is 1. The number of epoxide rings is 1. The third-order valence-corrected chi connectivity index (χ3v) is 8.85. The maximum absolute atomic E-state index is 13.2. The van der Waals surface area contributed by atoms with Gasteiger partial charge in [0.2, 0.25) is 0 Å². The summed E-state index contributed by atoms with van der Waals surface area (Å²) < 4.78 is 11.9. The molecule has 0 spiro atoms. The van der Waals surface area contributed by atoms with Crippen molar-refractivity contribution in [3.8, 4) is 0 Å². The Bertz CT molecular complexity index is 973. The average molecular weight is 524 g/mol. The maximum atomic E-state index is 13.2. The van der Waals surface area contributed by atoms with E-state index in [2.05, 4.69) is 4.98 Å². The van der Waals surface area contributed by atoms with Crippen LogP contribution in [0.15, 0.2) is 11.0 Å². The minimum absolute atomic E-state index is 0.0860. The number of thiazole rings is 1. The molecule has 2 aliphatic heterocycles. The van der Waals surface area contributed by atoms with Gasteiger partial charge in [0.25, 0.3) is 0 Å². The van der Waals surface area contributed by atoms with Gasteiger partial charge in [-0.3, -0.25) is 9.59 Å². The molecule has 0 aromatic carbocycles. The fraction of sp³-hybridized carbons (Fsp3) is 0.741. The number of rotatable bonds is 3. The second-order valence-electron chi connectivity index (χ2n) is 11.3. The van der Waals surface area contributed by atoms with Crippen molar-refractivity contribution in [1.29, 1.82) is 0 Å². The molecular formula is C27H41NO7S. The second-order valence-corrected chi connectivity index (χ2v) is 12.2. The zero-order valence-electron chi connectivity index (χ0n) is 22.2. The van der Waals surface area contributed by atoms with Gasteiger partial charge in [0.05, 0.1) is 48.0 Å². The number of carbonyl (C=O) groups excluding carboxylic acids is 2. The first kappa shape index (κ1) is 28.9. The molecule has 3 heterocycles. The number of fused-ring (bicyclic) bond motifs is 1. The summed E-state index contributed by atoms with van der Waals surface area (Å²) in [6, 6.07) is 0. The van der Waals surface area contributed by atoms with Crippen LogP contribution in [0.2, 0.25) is 0 Å². The minimum Gasteiger partial charge on any atom is -0.458 e. The molecule has 9 heteroatoms. The minimum atomic E-state index is -1.26. The van der Waals surface area contributed by atoms with Crippen molar-refractivity contribution in [3.63, 3.8) is 0 Å². The number of ether oxygens (including phenoxy) is 2. The lowest BCUT2D eigenvalue weighted by Gasteiger charge is -2.34. The fourth-order valence-corrected chi connectivity index (χ4v) is 5.69. The lowest BCUT2D eigenvalue weighted by Crippen LogP contribution is -2.45. The molecule has 8 nitrogen and oxygen atoms in total. The standard InChI is InChI=1S/C27H41NO7S/c1-15-8-7-9-27(6)21(35-27)11-19(16(2)10-18-14-36-22(13-29)28-18)34-23(31)12-20(30)26(4,5)25(33)17(3)24(15)32/h10,14-15,17,19-21,24,29-30,32H,7-9,11-13H2,1-6H3/t15?,17?,19?,20?,21?,24?,27-/m1/s1. The Morgan fingerprint density at radius 2 is 1.94 bits per heavy atom. The summed E-state index contributed by atoms with van der Waals surface area (Å²) in [5, 5.41) is 33.4. The van der Waals surface area contributed by atoms with Crippen LogP contribution in [0.3, 0.4) is 0 Å². The molecule has 7 atom stereocenters. The Balaban J connectivity index is 1.85. The van der Waals surface area contributed by atoms with Crippen molar-refractivity contribution in [2.75, 3.05) is 0 Å². The Kier molecular flexibility index (Phi) is 9.15. The Hall–Kier alpha value is -1.65. The van der Waals surface area contributed by atoms with E-state index in [0.717, 1.165) is 24.8 Å². The summed E-state index contributed by atoms with van der Waals surface area (Å²) in [7, 11) is 0. The van der Waals surface area contributed by atoms with E-state index in [-0.39, 0.29) is 36.4 Å². The molecule has 2 saturated heterocycles. The van der Waals surface area contributed by atoms with Gasteiger partial charge in [0, 0.05) is 17.7 Å². The smallest absolute Gasteiger partial charge is 0.309 e. The van der Waals surface area contributed by atoms with Gasteiger partial charge in [-0.05, 0) is 44.3 Å². The van der Waals surface area contributed by atoms with Gasteiger partial charge in [-0.25, -0.2) is 4.98 Å². The first-order chi connectivity index (χ1) is 16.8. The summed E-state index contributed by atoms with van der Waals surface area (Å²) >= 11 is 1.35. The normalized spacial score (nSPS) is 36.8. The topological polar surface area (TPSA) is 129 Å². The van der Waals surface area contributed by atoms with Gasteiger partial charge < -0.3 is 24.8 Å². The van der Waals surface area contributed by atoms with Gasteiger partial charge in [-0.1, -0.05) is 34.1 Å². The molecule has 2 fully saturated rings. The predicted molar refractivity (Wildman–Crippen MR) is 137 cm³/mol. The Morgan fingerprint density at radius 3 is 2.58 bits per heavy atom. The van der Waals surface area contributed by atoms with Crippen molar-refractivity contribution in [1.82, 2.24) is 4.98 Å². The SMILES string of the molecule is CC(=Cc1csc(CO)n1)C1CC2O[C@]2(C)CCCC(C)C(O)C(C)C(=O)C(C)(C)C(O)CC(=O)O1. The first-order valence-corrected chi connectivity index (χ1v) is 13.7. The van der Waals surface area contributed by atoms with E-state index in [1.54, 1.807) is 20.8 Å².